The van der Waals surface area contributed by atoms with Gasteiger partial charge in [-0.1, -0.05) is 29.8 Å². The molecule has 3 aromatic rings. The van der Waals surface area contributed by atoms with Crippen LogP contribution in [0.1, 0.15) is 11.1 Å². The second kappa shape index (κ2) is 5.28. The van der Waals surface area contributed by atoms with Crippen LogP contribution in [0.4, 0.5) is 5.95 Å². The van der Waals surface area contributed by atoms with Gasteiger partial charge in [0.25, 0.3) is 0 Å². The molecule has 3 rings (SSSR count). The highest BCUT2D eigenvalue weighted by molar-refractivity contribution is 7.17. The van der Waals surface area contributed by atoms with Gasteiger partial charge in [-0.15, -0.1) is 11.3 Å². The largest absolute Gasteiger partial charge is 0.347 e. The third-order valence-corrected chi connectivity index (χ3v) is 4.74. The smallest absolute Gasteiger partial charge is 0.227 e. The summed E-state index contributed by atoms with van der Waals surface area (Å²) in [6.07, 6.45) is 0. The van der Waals surface area contributed by atoms with Crippen LogP contribution in [-0.4, -0.2) is 24.1 Å². The van der Waals surface area contributed by atoms with Gasteiger partial charge in [0.2, 0.25) is 5.95 Å². The summed E-state index contributed by atoms with van der Waals surface area (Å²) in [5.41, 5.74) is 4.82. The molecule has 0 unspecified atom stereocenters. The number of anilines is 1. The number of benzene rings is 1. The number of hydrogen-bond donors (Lipinski definition) is 0. The molecule has 21 heavy (non-hydrogen) atoms. The van der Waals surface area contributed by atoms with Crippen molar-refractivity contribution in [3.8, 4) is 11.1 Å². The number of fused-ring (bicyclic) bond motifs is 1. The first-order valence-corrected chi connectivity index (χ1v) is 7.93. The maximum atomic E-state index is 6.40. The highest BCUT2D eigenvalue weighted by Crippen LogP contribution is 2.37. The topological polar surface area (TPSA) is 29.0 Å². The Morgan fingerprint density at radius 1 is 1.10 bits per heavy atom. The van der Waals surface area contributed by atoms with E-state index in [1.165, 1.54) is 11.1 Å². The molecule has 0 saturated carbocycles. The minimum Gasteiger partial charge on any atom is -0.347 e. The summed E-state index contributed by atoms with van der Waals surface area (Å²) in [5, 5.41) is 3.56. The summed E-state index contributed by atoms with van der Waals surface area (Å²) in [6.45, 7) is 4.24. The Morgan fingerprint density at radius 2 is 1.86 bits per heavy atom. The van der Waals surface area contributed by atoms with Crippen molar-refractivity contribution in [1.29, 1.82) is 0 Å². The fraction of sp³-hybridized carbons (Fsp3) is 0.250. The maximum Gasteiger partial charge on any atom is 0.227 e. The van der Waals surface area contributed by atoms with Gasteiger partial charge in [0.15, 0.2) is 0 Å². The average molecular weight is 318 g/mol. The molecule has 0 aliphatic rings. The Kier molecular flexibility index (Phi) is 3.59. The molecular weight excluding hydrogens is 302 g/mol. The lowest BCUT2D eigenvalue weighted by molar-refractivity contribution is 1.02. The number of halogens is 1. The Hall–Kier alpha value is -1.65. The molecule has 0 saturated heterocycles. The number of nitrogens with zero attached hydrogens (tertiary/aromatic N) is 3. The van der Waals surface area contributed by atoms with Gasteiger partial charge in [0.05, 0.1) is 5.39 Å². The first kappa shape index (κ1) is 14.3. The predicted octanol–water partition coefficient (Wildman–Crippen LogP) is 4.69. The first-order chi connectivity index (χ1) is 9.97. The van der Waals surface area contributed by atoms with Crippen LogP contribution in [0.15, 0.2) is 23.6 Å². The van der Waals surface area contributed by atoms with Crippen LogP contribution in [0, 0.1) is 13.8 Å². The van der Waals surface area contributed by atoms with Crippen LogP contribution in [0.5, 0.6) is 0 Å². The van der Waals surface area contributed by atoms with Crippen molar-refractivity contribution in [3.05, 3.63) is 39.9 Å². The van der Waals surface area contributed by atoms with E-state index in [4.69, 9.17) is 11.6 Å². The summed E-state index contributed by atoms with van der Waals surface area (Å²) in [7, 11) is 3.82. The molecule has 1 aromatic carbocycles. The molecule has 0 aliphatic carbocycles. The number of hydrogen-bond acceptors (Lipinski definition) is 4. The van der Waals surface area contributed by atoms with E-state index >= 15 is 0 Å². The Bertz CT molecular complexity index is 824. The fourth-order valence-electron chi connectivity index (χ4n) is 2.21. The molecule has 2 heterocycles. The Morgan fingerprint density at radius 3 is 2.52 bits per heavy atom. The minimum absolute atomic E-state index is 0.512. The molecule has 0 aliphatic heterocycles. The summed E-state index contributed by atoms with van der Waals surface area (Å²) in [5.74, 6) is 0.640. The van der Waals surface area contributed by atoms with E-state index in [0.29, 0.717) is 11.1 Å². The quantitative estimate of drug-likeness (QED) is 0.642. The molecule has 108 valence electrons. The van der Waals surface area contributed by atoms with Gasteiger partial charge in [-0.05, 0) is 30.5 Å². The summed E-state index contributed by atoms with van der Waals surface area (Å²) in [4.78, 5) is 11.7. The molecule has 0 radical (unpaired) electrons. The zero-order valence-electron chi connectivity index (χ0n) is 12.4. The first-order valence-electron chi connectivity index (χ1n) is 6.67. The van der Waals surface area contributed by atoms with Gasteiger partial charge in [-0.25, -0.2) is 9.97 Å². The molecular formula is C16H16ClN3S. The van der Waals surface area contributed by atoms with Crippen molar-refractivity contribution in [2.24, 2.45) is 0 Å². The molecule has 0 amide bonds. The van der Waals surface area contributed by atoms with E-state index < -0.39 is 0 Å². The number of aryl methyl sites for hydroxylation is 2. The van der Waals surface area contributed by atoms with Crippen LogP contribution < -0.4 is 4.90 Å². The van der Waals surface area contributed by atoms with Gasteiger partial charge < -0.3 is 4.90 Å². The van der Waals surface area contributed by atoms with Gasteiger partial charge in [0, 0.05) is 25.0 Å². The zero-order chi connectivity index (χ0) is 15.1. The van der Waals surface area contributed by atoms with Crippen molar-refractivity contribution in [2.75, 3.05) is 19.0 Å². The molecule has 0 spiro atoms. The monoisotopic (exact) mass is 317 g/mol. The van der Waals surface area contributed by atoms with Crippen molar-refractivity contribution >= 4 is 39.1 Å². The van der Waals surface area contributed by atoms with Crippen LogP contribution in [0.3, 0.4) is 0 Å². The van der Waals surface area contributed by atoms with Crippen LogP contribution in [-0.2, 0) is 0 Å². The lowest BCUT2D eigenvalue weighted by atomic mass is 10.0. The second-order valence-electron chi connectivity index (χ2n) is 5.34. The summed E-state index contributed by atoms with van der Waals surface area (Å²) in [6, 6.07) is 6.45. The van der Waals surface area contributed by atoms with Gasteiger partial charge >= 0.3 is 0 Å². The van der Waals surface area contributed by atoms with Crippen LogP contribution >= 0.6 is 22.9 Å². The van der Waals surface area contributed by atoms with Gasteiger partial charge in [0.1, 0.15) is 9.98 Å². The normalized spacial score (nSPS) is 11.1. The number of thiophene rings is 1. The molecule has 0 N–H and O–H groups in total. The minimum atomic E-state index is 0.512. The maximum absolute atomic E-state index is 6.40. The highest BCUT2D eigenvalue weighted by Gasteiger charge is 2.15. The second-order valence-corrected chi connectivity index (χ2v) is 6.55. The molecule has 3 nitrogen and oxygen atoms in total. The highest BCUT2D eigenvalue weighted by atomic mass is 35.5. The lowest BCUT2D eigenvalue weighted by Gasteiger charge is -2.10. The zero-order valence-corrected chi connectivity index (χ0v) is 14.0. The van der Waals surface area contributed by atoms with E-state index in [0.717, 1.165) is 21.3 Å². The van der Waals surface area contributed by atoms with E-state index in [-0.39, 0.29) is 0 Å². The van der Waals surface area contributed by atoms with Crippen molar-refractivity contribution < 1.29 is 0 Å². The van der Waals surface area contributed by atoms with Crippen LogP contribution in [0.2, 0.25) is 5.15 Å². The van der Waals surface area contributed by atoms with Crippen molar-refractivity contribution in [2.45, 2.75) is 13.8 Å². The van der Waals surface area contributed by atoms with E-state index in [2.05, 4.69) is 47.4 Å². The number of aromatic nitrogens is 2. The fourth-order valence-corrected chi connectivity index (χ4v) is 3.48. The molecule has 0 fully saturated rings. The standard InChI is InChI=1S/C16H16ClN3S/c1-9-5-6-11(7-10(9)2)12-8-21-15-13(12)14(17)18-16(19-15)20(3)4/h5-8H,1-4H3. The van der Waals surface area contributed by atoms with Crippen molar-refractivity contribution in [3.63, 3.8) is 0 Å². The third-order valence-electron chi connectivity index (χ3n) is 3.60. The van der Waals surface area contributed by atoms with E-state index in [9.17, 15) is 0 Å². The molecule has 0 bridgehead atoms. The Balaban J connectivity index is 2.22. The lowest BCUT2D eigenvalue weighted by Crippen LogP contribution is -2.12. The predicted molar refractivity (Wildman–Crippen MR) is 91.7 cm³/mol. The van der Waals surface area contributed by atoms with E-state index in [1.54, 1.807) is 11.3 Å². The van der Waals surface area contributed by atoms with Gasteiger partial charge in [-0.2, -0.15) is 0 Å². The SMILES string of the molecule is Cc1ccc(-c2csc3nc(N(C)C)nc(Cl)c23)cc1C. The molecule has 5 heteroatoms. The Labute approximate surface area is 133 Å². The average Bonchev–Trinajstić information content (AvgIpc) is 2.86. The molecule has 2 aromatic heterocycles. The molecule has 0 atom stereocenters. The summed E-state index contributed by atoms with van der Waals surface area (Å²) >= 11 is 8.00. The van der Waals surface area contributed by atoms with Gasteiger partial charge in [-0.3, -0.25) is 0 Å². The third kappa shape index (κ3) is 2.49. The summed E-state index contributed by atoms with van der Waals surface area (Å²) < 4.78 is 0. The van der Waals surface area contributed by atoms with Crippen molar-refractivity contribution in [1.82, 2.24) is 9.97 Å². The number of rotatable bonds is 2. The van der Waals surface area contributed by atoms with Crippen LogP contribution in [0.25, 0.3) is 21.3 Å². The van der Waals surface area contributed by atoms with E-state index in [1.807, 2.05) is 19.0 Å².